The molecule has 4 heteroatoms. The van der Waals surface area contributed by atoms with Gasteiger partial charge in [-0.3, -0.25) is 0 Å². The van der Waals surface area contributed by atoms with Crippen molar-refractivity contribution in [3.8, 4) is 0 Å². The summed E-state index contributed by atoms with van der Waals surface area (Å²) >= 11 is 1.78. The van der Waals surface area contributed by atoms with Crippen LogP contribution in [0.15, 0.2) is 35.7 Å². The van der Waals surface area contributed by atoms with Gasteiger partial charge in [0.15, 0.2) is 0 Å². The summed E-state index contributed by atoms with van der Waals surface area (Å²) in [6.45, 7) is 2.09. The van der Waals surface area contributed by atoms with E-state index in [0.29, 0.717) is 6.54 Å². The van der Waals surface area contributed by atoms with Gasteiger partial charge in [0.05, 0.1) is 0 Å². The Hall–Kier alpha value is -1.23. The number of thiophene rings is 1. The first-order valence-electron chi connectivity index (χ1n) is 6.36. The van der Waals surface area contributed by atoms with Crippen molar-refractivity contribution in [2.24, 2.45) is 5.73 Å². The van der Waals surface area contributed by atoms with E-state index in [9.17, 15) is 4.39 Å². The highest BCUT2D eigenvalue weighted by Gasteiger charge is 2.04. The quantitative estimate of drug-likeness (QED) is 0.880. The average molecular weight is 278 g/mol. The number of likely N-dealkylation sites (N-methyl/N-ethyl adjacent to an activating group) is 1. The third kappa shape index (κ3) is 4.42. The molecule has 2 rings (SSSR count). The van der Waals surface area contributed by atoms with E-state index in [1.165, 1.54) is 10.9 Å². The molecule has 0 aliphatic rings. The first kappa shape index (κ1) is 14.2. The maximum Gasteiger partial charge on any atom is 0.123 e. The molecule has 0 bridgehead atoms. The number of rotatable bonds is 6. The van der Waals surface area contributed by atoms with Crippen LogP contribution in [-0.4, -0.2) is 18.5 Å². The lowest BCUT2D eigenvalue weighted by Crippen LogP contribution is -2.20. The SMILES string of the molecule is CN(CCc1cccs1)Cc1cc(F)cc(CN)c1. The summed E-state index contributed by atoms with van der Waals surface area (Å²) in [6, 6.07) is 9.27. The second-order valence-electron chi connectivity index (χ2n) is 4.74. The lowest BCUT2D eigenvalue weighted by Gasteiger charge is -2.16. The van der Waals surface area contributed by atoms with Crippen molar-refractivity contribution in [2.75, 3.05) is 13.6 Å². The molecule has 2 aromatic rings. The standard InChI is InChI=1S/C15H19FN2S/c1-18(5-4-15-3-2-6-19-15)11-13-7-12(10-17)8-14(16)9-13/h2-3,6-9H,4-5,10-11,17H2,1H3. The number of benzene rings is 1. The van der Waals surface area contributed by atoms with E-state index < -0.39 is 0 Å². The Kier molecular flexibility index (Phi) is 5.07. The molecule has 1 aromatic carbocycles. The van der Waals surface area contributed by atoms with E-state index in [1.807, 2.05) is 6.07 Å². The van der Waals surface area contributed by atoms with E-state index in [0.717, 1.165) is 30.6 Å². The van der Waals surface area contributed by atoms with Crippen molar-refractivity contribution in [3.63, 3.8) is 0 Å². The van der Waals surface area contributed by atoms with Crippen molar-refractivity contribution >= 4 is 11.3 Å². The molecule has 0 atom stereocenters. The Bertz CT molecular complexity index is 511. The second kappa shape index (κ2) is 6.80. The lowest BCUT2D eigenvalue weighted by molar-refractivity contribution is 0.331. The van der Waals surface area contributed by atoms with E-state index in [2.05, 4.69) is 29.5 Å². The molecule has 2 N–H and O–H groups in total. The highest BCUT2D eigenvalue weighted by atomic mass is 32.1. The van der Waals surface area contributed by atoms with E-state index in [-0.39, 0.29) is 5.82 Å². The molecule has 0 aliphatic carbocycles. The van der Waals surface area contributed by atoms with Crippen LogP contribution in [0.3, 0.4) is 0 Å². The molecule has 0 saturated heterocycles. The number of hydrogen-bond donors (Lipinski definition) is 1. The Balaban J connectivity index is 1.91. The Labute approximate surface area is 117 Å². The fourth-order valence-electron chi connectivity index (χ4n) is 2.07. The van der Waals surface area contributed by atoms with Gasteiger partial charge in [0.25, 0.3) is 0 Å². The molecule has 0 amide bonds. The fourth-order valence-corrected chi connectivity index (χ4v) is 2.77. The molecule has 19 heavy (non-hydrogen) atoms. The van der Waals surface area contributed by atoms with Gasteiger partial charge in [-0.15, -0.1) is 11.3 Å². The van der Waals surface area contributed by atoms with Crippen molar-refractivity contribution in [3.05, 3.63) is 57.5 Å². The Morgan fingerprint density at radius 3 is 2.74 bits per heavy atom. The number of nitrogens with zero attached hydrogens (tertiary/aromatic N) is 1. The molecule has 0 radical (unpaired) electrons. The van der Waals surface area contributed by atoms with E-state index in [1.54, 1.807) is 17.4 Å². The van der Waals surface area contributed by atoms with Crippen LogP contribution in [0.2, 0.25) is 0 Å². The monoisotopic (exact) mass is 278 g/mol. The minimum atomic E-state index is -0.204. The summed E-state index contributed by atoms with van der Waals surface area (Å²) in [5, 5.41) is 2.09. The minimum absolute atomic E-state index is 0.204. The van der Waals surface area contributed by atoms with E-state index in [4.69, 9.17) is 5.73 Å². The van der Waals surface area contributed by atoms with Crippen LogP contribution in [0.5, 0.6) is 0 Å². The predicted molar refractivity (Wildman–Crippen MR) is 78.6 cm³/mol. The molecule has 1 heterocycles. The first-order chi connectivity index (χ1) is 9.17. The normalized spacial score (nSPS) is 11.2. The number of halogens is 1. The molecular weight excluding hydrogens is 259 g/mol. The fraction of sp³-hybridized carbons (Fsp3) is 0.333. The highest BCUT2D eigenvalue weighted by molar-refractivity contribution is 7.09. The molecule has 0 unspecified atom stereocenters. The van der Waals surface area contributed by atoms with Crippen LogP contribution in [0.1, 0.15) is 16.0 Å². The van der Waals surface area contributed by atoms with Gasteiger partial charge in [-0.25, -0.2) is 4.39 Å². The van der Waals surface area contributed by atoms with Gasteiger partial charge < -0.3 is 10.6 Å². The molecule has 102 valence electrons. The first-order valence-corrected chi connectivity index (χ1v) is 7.24. The molecule has 0 spiro atoms. The highest BCUT2D eigenvalue weighted by Crippen LogP contribution is 2.13. The zero-order valence-corrected chi connectivity index (χ0v) is 11.9. The summed E-state index contributed by atoms with van der Waals surface area (Å²) in [4.78, 5) is 3.59. The third-order valence-electron chi connectivity index (χ3n) is 3.03. The molecule has 0 fully saturated rings. The van der Waals surface area contributed by atoms with Crippen molar-refractivity contribution in [1.29, 1.82) is 0 Å². The van der Waals surface area contributed by atoms with Gasteiger partial charge in [-0.2, -0.15) is 0 Å². The van der Waals surface area contributed by atoms with Crippen molar-refractivity contribution in [2.45, 2.75) is 19.5 Å². The summed E-state index contributed by atoms with van der Waals surface area (Å²) in [5.41, 5.74) is 7.39. The molecule has 1 aromatic heterocycles. The number of hydrogen-bond acceptors (Lipinski definition) is 3. The molecular formula is C15H19FN2S. The summed E-state index contributed by atoms with van der Waals surface area (Å²) < 4.78 is 13.4. The molecule has 0 saturated carbocycles. The van der Waals surface area contributed by atoms with Crippen LogP contribution in [0, 0.1) is 5.82 Å². The minimum Gasteiger partial charge on any atom is -0.326 e. The lowest BCUT2D eigenvalue weighted by atomic mass is 10.1. The van der Waals surface area contributed by atoms with Crippen molar-refractivity contribution < 1.29 is 4.39 Å². The molecule has 0 aliphatic heterocycles. The third-order valence-corrected chi connectivity index (χ3v) is 3.96. The Morgan fingerprint density at radius 1 is 1.26 bits per heavy atom. The van der Waals surface area contributed by atoms with Crippen LogP contribution < -0.4 is 5.73 Å². The zero-order chi connectivity index (χ0) is 13.7. The summed E-state index contributed by atoms with van der Waals surface area (Å²) in [5.74, 6) is -0.204. The maximum atomic E-state index is 13.4. The van der Waals surface area contributed by atoms with Gasteiger partial charge in [-0.05, 0) is 48.2 Å². The maximum absolute atomic E-state index is 13.4. The second-order valence-corrected chi connectivity index (χ2v) is 5.77. The van der Waals surface area contributed by atoms with Gasteiger partial charge >= 0.3 is 0 Å². The van der Waals surface area contributed by atoms with Gasteiger partial charge in [0.1, 0.15) is 5.82 Å². The summed E-state index contributed by atoms with van der Waals surface area (Å²) in [6.07, 6.45) is 1.03. The smallest absolute Gasteiger partial charge is 0.123 e. The van der Waals surface area contributed by atoms with E-state index >= 15 is 0 Å². The topological polar surface area (TPSA) is 29.3 Å². The number of nitrogens with two attached hydrogens (primary N) is 1. The zero-order valence-electron chi connectivity index (χ0n) is 11.1. The average Bonchev–Trinajstić information content (AvgIpc) is 2.88. The predicted octanol–water partition coefficient (Wildman–Crippen LogP) is 3.02. The van der Waals surface area contributed by atoms with Gasteiger partial charge in [0, 0.05) is 24.5 Å². The van der Waals surface area contributed by atoms with Gasteiger partial charge in [-0.1, -0.05) is 12.1 Å². The van der Waals surface area contributed by atoms with Crippen LogP contribution in [0.25, 0.3) is 0 Å². The molecule has 2 nitrogen and oxygen atoms in total. The Morgan fingerprint density at radius 2 is 2.05 bits per heavy atom. The van der Waals surface area contributed by atoms with Crippen LogP contribution >= 0.6 is 11.3 Å². The van der Waals surface area contributed by atoms with Crippen LogP contribution in [-0.2, 0) is 19.5 Å². The van der Waals surface area contributed by atoms with Crippen LogP contribution in [0.4, 0.5) is 4.39 Å². The van der Waals surface area contributed by atoms with Crippen molar-refractivity contribution in [1.82, 2.24) is 4.90 Å². The largest absolute Gasteiger partial charge is 0.326 e. The summed E-state index contributed by atoms with van der Waals surface area (Å²) in [7, 11) is 2.06. The van der Waals surface area contributed by atoms with Gasteiger partial charge in [0.2, 0.25) is 0 Å².